The zero-order valence-electron chi connectivity index (χ0n) is 13.7. The highest BCUT2D eigenvalue weighted by Crippen LogP contribution is 2.67. The third kappa shape index (κ3) is 2.05. The van der Waals surface area contributed by atoms with Crippen LogP contribution in [0.25, 0.3) is 0 Å². The van der Waals surface area contributed by atoms with Gasteiger partial charge in [0.05, 0.1) is 18.6 Å². The van der Waals surface area contributed by atoms with Gasteiger partial charge >= 0.3 is 6.16 Å². The van der Waals surface area contributed by atoms with E-state index < -0.39 is 12.4 Å². The van der Waals surface area contributed by atoms with Crippen molar-refractivity contribution in [3.8, 4) is 6.07 Å². The Hall–Kier alpha value is -1.54. The van der Waals surface area contributed by atoms with Crippen molar-refractivity contribution in [3.63, 3.8) is 0 Å². The molecule has 128 valence electrons. The number of allylic oxidation sites excluding steroid dienone is 2. The summed E-state index contributed by atoms with van der Waals surface area (Å²) in [5.74, 6) is 3.03. The highest BCUT2D eigenvalue weighted by molar-refractivity contribution is 5.60. The molecular weight excluding hydrogens is 306 g/mol. The zero-order valence-corrected chi connectivity index (χ0v) is 13.7. The minimum atomic E-state index is -0.657. The molecule has 9 atom stereocenters. The standard InChI is InChI=1S/C19H23NO4/c20-9-14-12-8-13(17-11-5-4-10(7-11)16(12)17)18(14)24-19(21)23-15-3-1-2-6-22-15/h4-5,10-18H,1-3,6-8H2. The molecule has 4 fully saturated rings. The summed E-state index contributed by atoms with van der Waals surface area (Å²) in [6.45, 7) is 0.631. The van der Waals surface area contributed by atoms with Gasteiger partial charge < -0.3 is 14.2 Å². The van der Waals surface area contributed by atoms with Crippen LogP contribution >= 0.6 is 0 Å². The van der Waals surface area contributed by atoms with Gasteiger partial charge in [-0.05, 0) is 55.3 Å². The zero-order chi connectivity index (χ0) is 16.3. The Balaban J connectivity index is 1.29. The van der Waals surface area contributed by atoms with Crippen LogP contribution < -0.4 is 0 Å². The monoisotopic (exact) mass is 329 g/mol. The quantitative estimate of drug-likeness (QED) is 0.442. The predicted molar refractivity (Wildman–Crippen MR) is 83.4 cm³/mol. The molecule has 0 aromatic heterocycles. The van der Waals surface area contributed by atoms with Crippen LogP contribution in [0.1, 0.15) is 32.1 Å². The molecule has 5 aliphatic rings. The van der Waals surface area contributed by atoms with E-state index in [0.29, 0.717) is 42.1 Å². The number of carbonyl (C=O) groups is 1. The number of rotatable bonds is 2. The molecule has 1 heterocycles. The van der Waals surface area contributed by atoms with E-state index in [1.54, 1.807) is 0 Å². The predicted octanol–water partition coefficient (Wildman–Crippen LogP) is 3.26. The lowest BCUT2D eigenvalue weighted by Gasteiger charge is -2.38. The average Bonchev–Trinajstić information content (AvgIpc) is 3.34. The lowest BCUT2D eigenvalue weighted by molar-refractivity contribution is -0.151. The second-order valence-electron chi connectivity index (χ2n) is 8.07. The average molecular weight is 329 g/mol. The van der Waals surface area contributed by atoms with E-state index in [1.165, 1.54) is 6.42 Å². The molecule has 4 bridgehead atoms. The molecule has 0 spiro atoms. The number of carbonyl (C=O) groups excluding carboxylic acids is 1. The molecular formula is C19H23NO4. The lowest BCUT2D eigenvalue weighted by atomic mass is 9.68. The van der Waals surface area contributed by atoms with E-state index >= 15 is 0 Å². The Bertz CT molecular complexity index is 605. The summed E-state index contributed by atoms with van der Waals surface area (Å²) < 4.78 is 16.4. The van der Waals surface area contributed by atoms with Crippen LogP contribution in [0.15, 0.2) is 12.2 Å². The molecule has 0 radical (unpaired) electrons. The van der Waals surface area contributed by atoms with Gasteiger partial charge in [0.25, 0.3) is 0 Å². The minimum absolute atomic E-state index is 0.177. The van der Waals surface area contributed by atoms with Crippen molar-refractivity contribution >= 4 is 6.16 Å². The van der Waals surface area contributed by atoms with Gasteiger partial charge in [-0.1, -0.05) is 12.2 Å². The van der Waals surface area contributed by atoms with Crippen molar-refractivity contribution in [1.29, 1.82) is 5.26 Å². The van der Waals surface area contributed by atoms with Crippen LogP contribution in [-0.2, 0) is 14.2 Å². The van der Waals surface area contributed by atoms with Gasteiger partial charge in [0.15, 0.2) is 0 Å². The van der Waals surface area contributed by atoms with Gasteiger partial charge in [-0.15, -0.1) is 0 Å². The van der Waals surface area contributed by atoms with Gasteiger partial charge in [0.2, 0.25) is 6.29 Å². The summed E-state index contributed by atoms with van der Waals surface area (Å²) in [6, 6.07) is 2.44. The van der Waals surface area contributed by atoms with Crippen LogP contribution in [0.5, 0.6) is 0 Å². The third-order valence-electron chi connectivity index (χ3n) is 7.10. The third-order valence-corrected chi connectivity index (χ3v) is 7.10. The number of fused-ring (bicyclic) bond motifs is 9. The molecule has 5 heteroatoms. The van der Waals surface area contributed by atoms with Gasteiger partial charge in [-0.25, -0.2) is 4.79 Å². The summed E-state index contributed by atoms with van der Waals surface area (Å²) in [6.07, 6.45) is 8.26. The molecule has 1 aliphatic heterocycles. The van der Waals surface area contributed by atoms with Crippen LogP contribution in [0.2, 0.25) is 0 Å². The number of nitriles is 1. The van der Waals surface area contributed by atoms with E-state index in [2.05, 4.69) is 18.2 Å². The van der Waals surface area contributed by atoms with Crippen molar-refractivity contribution in [2.24, 2.45) is 41.4 Å². The normalized spacial score (nSPS) is 50.5. The fraction of sp³-hybridized carbons (Fsp3) is 0.789. The first-order valence-electron chi connectivity index (χ1n) is 9.33. The first-order chi connectivity index (χ1) is 11.8. The molecule has 0 aromatic carbocycles. The van der Waals surface area contributed by atoms with E-state index in [1.807, 2.05) is 0 Å². The SMILES string of the molecule is N#CC1C2CC(C1OC(=O)OC1CCCCO1)C1C3C=CC(C3)C21. The van der Waals surface area contributed by atoms with E-state index in [9.17, 15) is 10.1 Å². The Morgan fingerprint density at radius 2 is 1.88 bits per heavy atom. The van der Waals surface area contributed by atoms with Gasteiger partial charge in [0, 0.05) is 12.3 Å². The van der Waals surface area contributed by atoms with Crippen LogP contribution in [0.3, 0.4) is 0 Å². The largest absolute Gasteiger partial charge is 0.510 e. The number of hydrogen-bond donors (Lipinski definition) is 0. The van der Waals surface area contributed by atoms with E-state index in [0.717, 1.165) is 25.7 Å². The lowest BCUT2D eigenvalue weighted by Crippen LogP contribution is -2.42. The second kappa shape index (κ2) is 5.49. The van der Waals surface area contributed by atoms with Crippen LogP contribution in [0.4, 0.5) is 4.79 Å². The number of ether oxygens (including phenoxy) is 3. The summed E-state index contributed by atoms with van der Waals surface area (Å²) in [5.41, 5.74) is 0. The highest BCUT2D eigenvalue weighted by atomic mass is 16.8. The molecule has 0 N–H and O–H groups in total. The molecule has 0 amide bonds. The van der Waals surface area contributed by atoms with Gasteiger partial charge in [0.1, 0.15) is 6.10 Å². The molecule has 24 heavy (non-hydrogen) atoms. The maximum Gasteiger partial charge on any atom is 0.510 e. The molecule has 5 nitrogen and oxygen atoms in total. The van der Waals surface area contributed by atoms with Crippen molar-refractivity contribution < 1.29 is 19.0 Å². The van der Waals surface area contributed by atoms with Crippen molar-refractivity contribution in [1.82, 2.24) is 0 Å². The maximum absolute atomic E-state index is 12.2. The molecule has 5 rings (SSSR count). The van der Waals surface area contributed by atoms with E-state index in [4.69, 9.17) is 14.2 Å². The maximum atomic E-state index is 12.2. The fourth-order valence-electron chi connectivity index (χ4n) is 6.36. The summed E-state index contributed by atoms with van der Waals surface area (Å²) >= 11 is 0. The fourth-order valence-corrected chi connectivity index (χ4v) is 6.36. The Morgan fingerprint density at radius 1 is 1.08 bits per heavy atom. The smallest absolute Gasteiger partial charge is 0.429 e. The second-order valence-corrected chi connectivity index (χ2v) is 8.07. The van der Waals surface area contributed by atoms with Gasteiger partial charge in [-0.3, -0.25) is 0 Å². The molecule has 1 saturated heterocycles. The molecule has 3 saturated carbocycles. The Labute approximate surface area is 141 Å². The molecule has 4 aliphatic carbocycles. The first-order valence-corrected chi connectivity index (χ1v) is 9.33. The minimum Gasteiger partial charge on any atom is -0.429 e. The van der Waals surface area contributed by atoms with Crippen molar-refractivity contribution in [2.45, 2.75) is 44.5 Å². The topological polar surface area (TPSA) is 68.5 Å². The van der Waals surface area contributed by atoms with Crippen LogP contribution in [-0.4, -0.2) is 25.2 Å². The van der Waals surface area contributed by atoms with Gasteiger partial charge in [-0.2, -0.15) is 5.26 Å². The number of nitrogens with zero attached hydrogens (tertiary/aromatic N) is 1. The Kier molecular flexibility index (Phi) is 3.38. The first kappa shape index (κ1) is 14.8. The summed E-state index contributed by atoms with van der Waals surface area (Å²) in [7, 11) is 0. The summed E-state index contributed by atoms with van der Waals surface area (Å²) in [4.78, 5) is 12.2. The van der Waals surface area contributed by atoms with E-state index in [-0.39, 0.29) is 12.0 Å². The highest BCUT2D eigenvalue weighted by Gasteiger charge is 2.66. The van der Waals surface area contributed by atoms with Crippen molar-refractivity contribution in [3.05, 3.63) is 12.2 Å². The number of hydrogen-bond acceptors (Lipinski definition) is 5. The molecule has 0 aromatic rings. The van der Waals surface area contributed by atoms with Crippen LogP contribution in [0, 0.1) is 52.8 Å². The van der Waals surface area contributed by atoms with Crippen molar-refractivity contribution in [2.75, 3.05) is 6.61 Å². The summed E-state index contributed by atoms with van der Waals surface area (Å²) in [5, 5.41) is 9.66. The molecule has 9 unspecified atom stereocenters. The Morgan fingerprint density at radius 3 is 2.58 bits per heavy atom.